The third-order valence-corrected chi connectivity index (χ3v) is 2.90. The van der Waals surface area contributed by atoms with Crippen LogP contribution in [0.25, 0.3) is 0 Å². The summed E-state index contributed by atoms with van der Waals surface area (Å²) in [5.41, 5.74) is 0. The Morgan fingerprint density at radius 2 is 2.12 bits per heavy atom. The molecule has 0 aliphatic carbocycles. The maximum Gasteiger partial charge on any atom is 0.223 e. The fourth-order valence-corrected chi connectivity index (χ4v) is 2.01. The molecule has 1 aliphatic rings. The fraction of sp³-hybridized carbons (Fsp3) is 0.818. The molecule has 5 nitrogen and oxygen atoms in total. The standard InChI is InChI=1S/C11H20N4O/c1-10-13-11(14-16-10)4-5-12-6-9-15-7-2-3-8-15/h12H,2-9H2,1H3. The summed E-state index contributed by atoms with van der Waals surface area (Å²) in [6.07, 6.45) is 3.57. The number of nitrogens with zero attached hydrogens (tertiary/aromatic N) is 3. The van der Waals surface area contributed by atoms with E-state index in [0.717, 1.165) is 31.9 Å². The summed E-state index contributed by atoms with van der Waals surface area (Å²) < 4.78 is 4.91. The minimum atomic E-state index is 0.645. The van der Waals surface area contributed by atoms with Gasteiger partial charge in [-0.2, -0.15) is 4.98 Å². The van der Waals surface area contributed by atoms with Gasteiger partial charge in [0.2, 0.25) is 5.89 Å². The Morgan fingerprint density at radius 3 is 2.81 bits per heavy atom. The average Bonchev–Trinajstić information content (AvgIpc) is 2.89. The largest absolute Gasteiger partial charge is 0.340 e. The van der Waals surface area contributed by atoms with Crippen LogP contribution in [0.2, 0.25) is 0 Å². The molecular weight excluding hydrogens is 204 g/mol. The van der Waals surface area contributed by atoms with Crippen LogP contribution >= 0.6 is 0 Å². The van der Waals surface area contributed by atoms with Crippen molar-refractivity contribution in [1.82, 2.24) is 20.4 Å². The van der Waals surface area contributed by atoms with Crippen LogP contribution < -0.4 is 5.32 Å². The zero-order valence-corrected chi connectivity index (χ0v) is 9.91. The van der Waals surface area contributed by atoms with Crippen molar-refractivity contribution in [2.75, 3.05) is 32.7 Å². The van der Waals surface area contributed by atoms with Crippen LogP contribution in [0.4, 0.5) is 0 Å². The summed E-state index contributed by atoms with van der Waals surface area (Å²) in [7, 11) is 0. The molecule has 0 amide bonds. The maximum atomic E-state index is 4.91. The van der Waals surface area contributed by atoms with E-state index in [0.29, 0.717) is 5.89 Å². The molecule has 5 heteroatoms. The number of rotatable bonds is 6. The lowest BCUT2D eigenvalue weighted by atomic mass is 10.4. The van der Waals surface area contributed by atoms with E-state index < -0.39 is 0 Å². The molecule has 0 spiro atoms. The van der Waals surface area contributed by atoms with Crippen LogP contribution in [0, 0.1) is 6.92 Å². The second-order valence-corrected chi connectivity index (χ2v) is 4.28. The lowest BCUT2D eigenvalue weighted by Gasteiger charge is -2.14. The summed E-state index contributed by atoms with van der Waals surface area (Å²) in [4.78, 5) is 6.66. The highest BCUT2D eigenvalue weighted by Crippen LogP contribution is 2.05. The molecule has 2 rings (SSSR count). The van der Waals surface area contributed by atoms with E-state index in [1.165, 1.54) is 25.9 Å². The number of aryl methyl sites for hydroxylation is 1. The minimum Gasteiger partial charge on any atom is -0.340 e. The lowest BCUT2D eigenvalue weighted by molar-refractivity contribution is 0.336. The first-order valence-electron chi connectivity index (χ1n) is 6.07. The number of aromatic nitrogens is 2. The lowest BCUT2D eigenvalue weighted by Crippen LogP contribution is -2.31. The van der Waals surface area contributed by atoms with Crippen molar-refractivity contribution in [2.24, 2.45) is 0 Å². The van der Waals surface area contributed by atoms with Crippen molar-refractivity contribution in [3.63, 3.8) is 0 Å². The molecule has 2 heterocycles. The molecule has 0 unspecified atom stereocenters. The van der Waals surface area contributed by atoms with E-state index in [1.54, 1.807) is 0 Å². The predicted octanol–water partition coefficient (Wildman–Crippen LogP) is 0.606. The highest BCUT2D eigenvalue weighted by atomic mass is 16.5. The number of nitrogens with one attached hydrogen (secondary N) is 1. The summed E-state index contributed by atoms with van der Waals surface area (Å²) in [5.74, 6) is 1.44. The van der Waals surface area contributed by atoms with Crippen molar-refractivity contribution < 1.29 is 4.52 Å². The zero-order chi connectivity index (χ0) is 11.2. The molecule has 0 bridgehead atoms. The van der Waals surface area contributed by atoms with Gasteiger partial charge in [0.05, 0.1) is 0 Å². The minimum absolute atomic E-state index is 0.645. The van der Waals surface area contributed by atoms with Gasteiger partial charge in [0.15, 0.2) is 5.82 Å². The normalized spacial score (nSPS) is 17.1. The van der Waals surface area contributed by atoms with Crippen LogP contribution in [0.3, 0.4) is 0 Å². The summed E-state index contributed by atoms with van der Waals surface area (Å²) >= 11 is 0. The Balaban J connectivity index is 1.51. The number of hydrogen-bond donors (Lipinski definition) is 1. The van der Waals surface area contributed by atoms with E-state index in [4.69, 9.17) is 4.52 Å². The molecule has 90 valence electrons. The topological polar surface area (TPSA) is 54.2 Å². The molecule has 1 fully saturated rings. The number of hydrogen-bond acceptors (Lipinski definition) is 5. The van der Waals surface area contributed by atoms with Gasteiger partial charge in [-0.1, -0.05) is 5.16 Å². The first-order valence-corrected chi connectivity index (χ1v) is 6.07. The van der Waals surface area contributed by atoms with Gasteiger partial charge in [-0.25, -0.2) is 0 Å². The van der Waals surface area contributed by atoms with Crippen LogP contribution in [0.15, 0.2) is 4.52 Å². The van der Waals surface area contributed by atoms with E-state index in [1.807, 2.05) is 6.92 Å². The first kappa shape index (κ1) is 11.5. The van der Waals surface area contributed by atoms with Crippen LogP contribution in [0.1, 0.15) is 24.6 Å². The highest BCUT2D eigenvalue weighted by molar-refractivity contribution is 4.84. The fourth-order valence-electron chi connectivity index (χ4n) is 2.01. The molecule has 1 aromatic rings. The Bertz CT molecular complexity index is 307. The van der Waals surface area contributed by atoms with E-state index in [-0.39, 0.29) is 0 Å². The summed E-state index contributed by atoms with van der Waals surface area (Å²) in [6.45, 7) is 7.49. The molecule has 0 radical (unpaired) electrons. The van der Waals surface area contributed by atoms with Gasteiger partial charge in [-0.15, -0.1) is 0 Å². The zero-order valence-electron chi connectivity index (χ0n) is 9.91. The van der Waals surface area contributed by atoms with Crippen molar-refractivity contribution in [3.05, 3.63) is 11.7 Å². The van der Waals surface area contributed by atoms with Crippen LogP contribution in [-0.2, 0) is 6.42 Å². The smallest absolute Gasteiger partial charge is 0.223 e. The molecule has 1 N–H and O–H groups in total. The van der Waals surface area contributed by atoms with Crippen molar-refractivity contribution >= 4 is 0 Å². The van der Waals surface area contributed by atoms with E-state index in [2.05, 4.69) is 20.4 Å². The van der Waals surface area contributed by atoms with E-state index in [9.17, 15) is 0 Å². The van der Waals surface area contributed by atoms with Crippen molar-refractivity contribution in [2.45, 2.75) is 26.2 Å². The van der Waals surface area contributed by atoms with Crippen molar-refractivity contribution in [1.29, 1.82) is 0 Å². The van der Waals surface area contributed by atoms with Gasteiger partial charge in [0, 0.05) is 33.0 Å². The monoisotopic (exact) mass is 224 g/mol. The van der Waals surface area contributed by atoms with Gasteiger partial charge in [0.25, 0.3) is 0 Å². The molecule has 1 aromatic heterocycles. The third kappa shape index (κ3) is 3.57. The van der Waals surface area contributed by atoms with Gasteiger partial charge < -0.3 is 14.7 Å². The van der Waals surface area contributed by atoms with Gasteiger partial charge >= 0.3 is 0 Å². The molecule has 0 atom stereocenters. The average molecular weight is 224 g/mol. The summed E-state index contributed by atoms with van der Waals surface area (Å²) in [5, 5.41) is 7.26. The molecule has 1 saturated heterocycles. The Hall–Kier alpha value is -0.940. The summed E-state index contributed by atoms with van der Waals surface area (Å²) in [6, 6.07) is 0. The highest BCUT2D eigenvalue weighted by Gasteiger charge is 2.09. The molecule has 0 aromatic carbocycles. The molecule has 0 saturated carbocycles. The molecule has 16 heavy (non-hydrogen) atoms. The Morgan fingerprint density at radius 1 is 1.31 bits per heavy atom. The third-order valence-electron chi connectivity index (χ3n) is 2.90. The van der Waals surface area contributed by atoms with Crippen LogP contribution in [-0.4, -0.2) is 47.8 Å². The van der Waals surface area contributed by atoms with Gasteiger partial charge in [-0.3, -0.25) is 0 Å². The van der Waals surface area contributed by atoms with Gasteiger partial charge in [0.1, 0.15) is 0 Å². The SMILES string of the molecule is Cc1nc(CCNCCN2CCCC2)no1. The maximum absolute atomic E-state index is 4.91. The molecular formula is C11H20N4O. The second-order valence-electron chi connectivity index (χ2n) is 4.28. The number of likely N-dealkylation sites (tertiary alicyclic amines) is 1. The predicted molar refractivity (Wildman–Crippen MR) is 61.3 cm³/mol. The molecule has 1 aliphatic heterocycles. The van der Waals surface area contributed by atoms with Crippen LogP contribution in [0.5, 0.6) is 0 Å². The quantitative estimate of drug-likeness (QED) is 0.717. The van der Waals surface area contributed by atoms with Gasteiger partial charge in [-0.05, 0) is 25.9 Å². The van der Waals surface area contributed by atoms with E-state index >= 15 is 0 Å². The van der Waals surface area contributed by atoms with Crippen molar-refractivity contribution in [3.8, 4) is 0 Å². The Labute approximate surface area is 96.2 Å². The second kappa shape index (κ2) is 5.96. The first-order chi connectivity index (χ1) is 7.84. The Kier molecular flexibility index (Phi) is 4.30.